The zero-order chi connectivity index (χ0) is 15.8. The molecule has 0 aliphatic carbocycles. The molecule has 1 heterocycles. The van der Waals surface area contributed by atoms with Crippen molar-refractivity contribution in [3.8, 4) is 5.75 Å². The van der Waals surface area contributed by atoms with Gasteiger partial charge in [-0.1, -0.05) is 25.5 Å². The molecule has 0 aromatic heterocycles. The molecule has 3 nitrogen and oxygen atoms in total. The third-order valence-electron chi connectivity index (χ3n) is 4.16. The Morgan fingerprint density at radius 1 is 1.23 bits per heavy atom. The molecule has 124 valence electrons. The topological polar surface area (TPSA) is 24.5 Å². The van der Waals surface area contributed by atoms with Crippen molar-refractivity contribution in [1.29, 1.82) is 0 Å². The van der Waals surface area contributed by atoms with Crippen molar-refractivity contribution in [2.45, 2.75) is 51.8 Å². The summed E-state index contributed by atoms with van der Waals surface area (Å²) in [6.07, 6.45) is 4.89. The largest absolute Gasteiger partial charge is 0.435 e. The Morgan fingerprint density at radius 3 is 2.50 bits per heavy atom. The van der Waals surface area contributed by atoms with Gasteiger partial charge in [-0.3, -0.25) is 0 Å². The highest BCUT2D eigenvalue weighted by atomic mass is 19.3. The third-order valence-corrected chi connectivity index (χ3v) is 4.16. The lowest BCUT2D eigenvalue weighted by Crippen LogP contribution is -2.42. The van der Waals surface area contributed by atoms with Crippen LogP contribution in [0.1, 0.15) is 38.2 Å². The number of nitrogens with one attached hydrogen (secondary N) is 1. The maximum Gasteiger partial charge on any atom is 0.387 e. The standard InChI is InChI=1S/C17H26F2N2O/c1-2-3-10-21-11-8-15(9-12-21)20-13-14-4-6-16(7-5-14)22-17(18)19/h4-7,15,17,20H,2-3,8-13H2,1H3. The zero-order valence-corrected chi connectivity index (χ0v) is 13.2. The maximum atomic E-state index is 12.1. The minimum Gasteiger partial charge on any atom is -0.435 e. The number of nitrogens with zero attached hydrogens (tertiary/aromatic N) is 1. The van der Waals surface area contributed by atoms with Crippen LogP contribution in [0.4, 0.5) is 8.78 Å². The fraction of sp³-hybridized carbons (Fsp3) is 0.647. The van der Waals surface area contributed by atoms with E-state index in [1.165, 1.54) is 45.3 Å². The molecule has 5 heteroatoms. The van der Waals surface area contributed by atoms with Crippen molar-refractivity contribution in [1.82, 2.24) is 10.2 Å². The van der Waals surface area contributed by atoms with Crippen molar-refractivity contribution in [2.24, 2.45) is 0 Å². The number of rotatable bonds is 8. The molecule has 0 spiro atoms. The van der Waals surface area contributed by atoms with Gasteiger partial charge in [0.1, 0.15) is 5.75 Å². The van der Waals surface area contributed by atoms with Gasteiger partial charge in [0.2, 0.25) is 0 Å². The number of hydrogen-bond donors (Lipinski definition) is 1. The van der Waals surface area contributed by atoms with Crippen molar-refractivity contribution < 1.29 is 13.5 Å². The number of likely N-dealkylation sites (tertiary alicyclic amines) is 1. The highest BCUT2D eigenvalue weighted by Crippen LogP contribution is 2.16. The van der Waals surface area contributed by atoms with Crippen LogP contribution in [-0.4, -0.2) is 37.2 Å². The lowest BCUT2D eigenvalue weighted by atomic mass is 10.0. The smallest absolute Gasteiger partial charge is 0.387 e. The second-order valence-electron chi connectivity index (χ2n) is 5.87. The van der Waals surface area contributed by atoms with Crippen LogP contribution in [0.15, 0.2) is 24.3 Å². The number of hydrogen-bond acceptors (Lipinski definition) is 3. The van der Waals surface area contributed by atoms with Gasteiger partial charge >= 0.3 is 6.61 Å². The highest BCUT2D eigenvalue weighted by Gasteiger charge is 2.18. The van der Waals surface area contributed by atoms with E-state index < -0.39 is 6.61 Å². The van der Waals surface area contributed by atoms with Crippen LogP contribution in [0.25, 0.3) is 0 Å². The zero-order valence-electron chi connectivity index (χ0n) is 13.2. The Hall–Kier alpha value is -1.20. The van der Waals surface area contributed by atoms with Crippen LogP contribution in [-0.2, 0) is 6.54 Å². The lowest BCUT2D eigenvalue weighted by Gasteiger charge is -2.32. The van der Waals surface area contributed by atoms with Crippen molar-refractivity contribution in [3.05, 3.63) is 29.8 Å². The first kappa shape index (κ1) is 17.2. The summed E-state index contributed by atoms with van der Waals surface area (Å²) in [6, 6.07) is 7.41. The summed E-state index contributed by atoms with van der Waals surface area (Å²) in [5.74, 6) is 0.211. The number of benzene rings is 1. The van der Waals surface area contributed by atoms with E-state index in [1.54, 1.807) is 12.1 Å². The summed E-state index contributed by atoms with van der Waals surface area (Å²) in [7, 11) is 0. The predicted octanol–water partition coefficient (Wildman–Crippen LogP) is 3.64. The molecule has 1 N–H and O–H groups in total. The van der Waals surface area contributed by atoms with Crippen LogP contribution in [0.3, 0.4) is 0 Å². The summed E-state index contributed by atoms with van der Waals surface area (Å²) >= 11 is 0. The Kier molecular flexibility index (Phi) is 7.06. The number of alkyl halides is 2. The molecule has 1 aliphatic rings. The SMILES string of the molecule is CCCCN1CCC(NCc2ccc(OC(F)F)cc2)CC1. The van der Waals surface area contributed by atoms with Crippen LogP contribution in [0, 0.1) is 0 Å². The first-order valence-corrected chi connectivity index (χ1v) is 8.17. The summed E-state index contributed by atoms with van der Waals surface area (Å²) < 4.78 is 28.5. The van der Waals surface area contributed by atoms with E-state index in [9.17, 15) is 8.78 Å². The number of unbranched alkanes of at least 4 members (excludes halogenated alkanes) is 1. The van der Waals surface area contributed by atoms with Gasteiger partial charge in [0, 0.05) is 12.6 Å². The average molecular weight is 312 g/mol. The van der Waals surface area contributed by atoms with Gasteiger partial charge < -0.3 is 15.0 Å². The number of piperidine rings is 1. The summed E-state index contributed by atoms with van der Waals surface area (Å²) in [6.45, 7) is 3.79. The molecule has 2 rings (SSSR count). The van der Waals surface area contributed by atoms with Gasteiger partial charge in [-0.25, -0.2) is 0 Å². The molecule has 0 radical (unpaired) electrons. The van der Waals surface area contributed by atoms with E-state index in [2.05, 4.69) is 21.9 Å². The number of ether oxygens (including phenoxy) is 1. The normalized spacial score (nSPS) is 17.1. The summed E-state index contributed by atoms with van der Waals surface area (Å²) in [4.78, 5) is 2.54. The van der Waals surface area contributed by atoms with Crippen molar-refractivity contribution >= 4 is 0 Å². The molecule has 0 amide bonds. The average Bonchev–Trinajstić information content (AvgIpc) is 2.53. The summed E-state index contributed by atoms with van der Waals surface area (Å²) in [5.41, 5.74) is 1.09. The molecular formula is C17H26F2N2O. The fourth-order valence-corrected chi connectivity index (χ4v) is 2.79. The monoisotopic (exact) mass is 312 g/mol. The Balaban J connectivity index is 1.68. The van der Waals surface area contributed by atoms with Crippen LogP contribution in [0.2, 0.25) is 0 Å². The van der Waals surface area contributed by atoms with Gasteiger partial charge in [-0.2, -0.15) is 8.78 Å². The van der Waals surface area contributed by atoms with Crippen molar-refractivity contribution in [3.63, 3.8) is 0 Å². The molecule has 1 aromatic carbocycles. The highest BCUT2D eigenvalue weighted by molar-refractivity contribution is 5.27. The van der Waals surface area contributed by atoms with Gasteiger partial charge in [0.15, 0.2) is 0 Å². The molecule has 0 atom stereocenters. The Bertz CT molecular complexity index is 417. The van der Waals surface area contributed by atoms with Crippen LogP contribution < -0.4 is 10.1 Å². The molecule has 0 bridgehead atoms. The quantitative estimate of drug-likeness (QED) is 0.793. The van der Waals surface area contributed by atoms with Gasteiger partial charge in [0.25, 0.3) is 0 Å². The minimum absolute atomic E-state index is 0.211. The van der Waals surface area contributed by atoms with Gasteiger partial charge in [-0.05, 0) is 56.6 Å². The molecule has 0 unspecified atom stereocenters. The second kappa shape index (κ2) is 9.06. The fourth-order valence-electron chi connectivity index (χ4n) is 2.79. The van der Waals surface area contributed by atoms with E-state index in [4.69, 9.17) is 0 Å². The lowest BCUT2D eigenvalue weighted by molar-refractivity contribution is -0.0498. The Morgan fingerprint density at radius 2 is 1.91 bits per heavy atom. The first-order valence-electron chi connectivity index (χ1n) is 8.17. The molecule has 1 saturated heterocycles. The molecule has 22 heavy (non-hydrogen) atoms. The maximum absolute atomic E-state index is 12.1. The van der Waals surface area contributed by atoms with Crippen LogP contribution in [0.5, 0.6) is 5.75 Å². The van der Waals surface area contributed by atoms with Crippen molar-refractivity contribution in [2.75, 3.05) is 19.6 Å². The molecule has 1 fully saturated rings. The molecular weight excluding hydrogens is 286 g/mol. The van der Waals surface area contributed by atoms with E-state index in [1.807, 2.05) is 12.1 Å². The van der Waals surface area contributed by atoms with E-state index >= 15 is 0 Å². The Labute approximate surface area is 131 Å². The van der Waals surface area contributed by atoms with Crippen LogP contribution >= 0.6 is 0 Å². The van der Waals surface area contributed by atoms with E-state index in [0.29, 0.717) is 6.04 Å². The third kappa shape index (κ3) is 5.89. The molecule has 1 aliphatic heterocycles. The van der Waals surface area contributed by atoms with Gasteiger partial charge in [0.05, 0.1) is 0 Å². The predicted molar refractivity (Wildman–Crippen MR) is 84.3 cm³/mol. The summed E-state index contributed by atoms with van der Waals surface area (Å²) in [5, 5.41) is 3.56. The first-order chi connectivity index (χ1) is 10.7. The van der Waals surface area contributed by atoms with E-state index in [0.717, 1.165) is 12.1 Å². The number of halogens is 2. The minimum atomic E-state index is -2.76. The second-order valence-corrected chi connectivity index (χ2v) is 5.87. The molecule has 1 aromatic rings. The van der Waals surface area contributed by atoms with Gasteiger partial charge in [-0.15, -0.1) is 0 Å². The van der Waals surface area contributed by atoms with E-state index in [-0.39, 0.29) is 5.75 Å². The molecule has 0 saturated carbocycles.